The molecule has 0 aliphatic rings. The Morgan fingerprint density at radius 3 is 1.88 bits per heavy atom. The van der Waals surface area contributed by atoms with Gasteiger partial charge in [0.25, 0.3) is 0 Å². The lowest BCUT2D eigenvalue weighted by Gasteiger charge is -2.38. The van der Waals surface area contributed by atoms with Crippen molar-refractivity contribution in [2.75, 3.05) is 14.2 Å². The van der Waals surface area contributed by atoms with Gasteiger partial charge in [0.2, 0.25) is 5.60 Å². The fraction of sp³-hybridized carbons (Fsp3) is 0.316. The molecular formula is C19H19F3O4. The summed E-state index contributed by atoms with van der Waals surface area (Å²) >= 11 is 0. The Morgan fingerprint density at radius 2 is 1.46 bits per heavy atom. The van der Waals surface area contributed by atoms with E-state index in [0.717, 1.165) is 19.2 Å². The maximum Gasteiger partial charge on any atom is 0.424 e. The number of methoxy groups -OCH3 is 2. The standard InChI is InChI=1S/C19H19F3O4/c1-25-16(13-9-5-3-6-10-13)15(23)17(24)18(26-2,19(20,21)22)14-11-7-4-8-12-14/h3-12,16-17,24H,1-2H3/t16-,17+,18+/m0/s1. The van der Waals surface area contributed by atoms with Crippen LogP contribution < -0.4 is 0 Å². The van der Waals surface area contributed by atoms with Crippen molar-refractivity contribution < 1.29 is 32.5 Å². The Hall–Kier alpha value is -2.22. The third kappa shape index (κ3) is 3.51. The van der Waals surface area contributed by atoms with Crippen molar-refractivity contribution in [2.24, 2.45) is 0 Å². The molecule has 3 atom stereocenters. The monoisotopic (exact) mass is 368 g/mol. The molecule has 0 radical (unpaired) electrons. The zero-order valence-electron chi connectivity index (χ0n) is 14.2. The Labute approximate surface area is 149 Å². The number of ketones is 1. The van der Waals surface area contributed by atoms with Gasteiger partial charge in [-0.1, -0.05) is 60.7 Å². The van der Waals surface area contributed by atoms with Crippen LogP contribution in [0.3, 0.4) is 0 Å². The van der Waals surface area contributed by atoms with E-state index in [2.05, 4.69) is 0 Å². The van der Waals surface area contributed by atoms with Crippen LogP contribution in [0.1, 0.15) is 17.2 Å². The summed E-state index contributed by atoms with van der Waals surface area (Å²) < 4.78 is 51.7. The van der Waals surface area contributed by atoms with Crippen molar-refractivity contribution in [3.05, 3.63) is 71.8 Å². The quantitative estimate of drug-likeness (QED) is 0.814. The van der Waals surface area contributed by atoms with Crippen LogP contribution in [-0.2, 0) is 19.9 Å². The van der Waals surface area contributed by atoms with Crippen LogP contribution in [0.15, 0.2) is 60.7 Å². The number of hydrogen-bond donors (Lipinski definition) is 1. The average molecular weight is 368 g/mol. The average Bonchev–Trinajstić information content (AvgIpc) is 2.64. The minimum Gasteiger partial charge on any atom is -0.381 e. The number of aliphatic hydroxyl groups is 1. The third-order valence-corrected chi connectivity index (χ3v) is 4.20. The summed E-state index contributed by atoms with van der Waals surface area (Å²) in [4.78, 5) is 12.7. The van der Waals surface area contributed by atoms with Crippen LogP contribution in [-0.4, -0.2) is 37.4 Å². The Balaban J connectivity index is 2.53. The lowest BCUT2D eigenvalue weighted by atomic mass is 9.82. The highest BCUT2D eigenvalue weighted by Crippen LogP contribution is 2.45. The molecule has 0 spiro atoms. The molecule has 0 heterocycles. The molecule has 2 rings (SSSR count). The molecule has 0 aromatic heterocycles. The van der Waals surface area contributed by atoms with E-state index in [1.807, 2.05) is 0 Å². The number of rotatable bonds is 7. The molecule has 0 bridgehead atoms. The van der Waals surface area contributed by atoms with Gasteiger partial charge in [0.05, 0.1) is 0 Å². The third-order valence-electron chi connectivity index (χ3n) is 4.20. The van der Waals surface area contributed by atoms with Crippen LogP contribution in [0.4, 0.5) is 13.2 Å². The molecule has 0 saturated carbocycles. The molecule has 26 heavy (non-hydrogen) atoms. The highest BCUT2D eigenvalue weighted by molar-refractivity contribution is 5.89. The molecule has 0 fully saturated rings. The van der Waals surface area contributed by atoms with E-state index in [4.69, 9.17) is 9.47 Å². The summed E-state index contributed by atoms with van der Waals surface area (Å²) in [5.41, 5.74) is -3.25. The second-order valence-electron chi connectivity index (χ2n) is 5.63. The summed E-state index contributed by atoms with van der Waals surface area (Å²) in [6.07, 6.45) is -8.94. The predicted octanol–water partition coefficient (Wildman–Crippen LogP) is 3.41. The van der Waals surface area contributed by atoms with Crippen LogP contribution in [0.5, 0.6) is 0 Å². The molecular weight excluding hydrogens is 349 g/mol. The number of benzene rings is 2. The molecule has 2 aromatic rings. The van der Waals surface area contributed by atoms with Gasteiger partial charge in [-0.3, -0.25) is 4.79 Å². The van der Waals surface area contributed by atoms with E-state index in [1.54, 1.807) is 18.2 Å². The molecule has 7 heteroatoms. The van der Waals surface area contributed by atoms with Crippen LogP contribution in [0, 0.1) is 0 Å². The van der Waals surface area contributed by atoms with Gasteiger partial charge < -0.3 is 14.6 Å². The summed E-state index contributed by atoms with van der Waals surface area (Å²) in [7, 11) is 1.99. The van der Waals surface area contributed by atoms with Gasteiger partial charge >= 0.3 is 6.18 Å². The van der Waals surface area contributed by atoms with Crippen LogP contribution in [0.25, 0.3) is 0 Å². The Bertz CT molecular complexity index is 719. The predicted molar refractivity (Wildman–Crippen MR) is 88.4 cm³/mol. The summed E-state index contributed by atoms with van der Waals surface area (Å²) in [5, 5.41) is 10.5. The number of Topliss-reactive ketones (excluding diaryl/α,β-unsaturated/α-hetero) is 1. The lowest BCUT2D eigenvalue weighted by molar-refractivity contribution is -0.303. The lowest BCUT2D eigenvalue weighted by Crippen LogP contribution is -2.57. The van der Waals surface area contributed by atoms with E-state index in [0.29, 0.717) is 5.56 Å². The number of alkyl halides is 3. The fourth-order valence-corrected chi connectivity index (χ4v) is 2.90. The topological polar surface area (TPSA) is 55.8 Å². The van der Waals surface area contributed by atoms with Gasteiger partial charge in [0.1, 0.15) is 6.10 Å². The molecule has 2 aromatic carbocycles. The number of halogens is 3. The van der Waals surface area contributed by atoms with Crippen molar-refractivity contribution >= 4 is 5.78 Å². The van der Waals surface area contributed by atoms with Crippen molar-refractivity contribution in [1.29, 1.82) is 0 Å². The highest BCUT2D eigenvalue weighted by atomic mass is 19.4. The van der Waals surface area contributed by atoms with Gasteiger partial charge in [0.15, 0.2) is 11.9 Å². The maximum atomic E-state index is 14.0. The van der Waals surface area contributed by atoms with Crippen molar-refractivity contribution in [1.82, 2.24) is 0 Å². The van der Waals surface area contributed by atoms with Crippen LogP contribution >= 0.6 is 0 Å². The van der Waals surface area contributed by atoms with Gasteiger partial charge in [-0.05, 0) is 11.1 Å². The first-order valence-corrected chi connectivity index (χ1v) is 7.76. The number of hydrogen-bond acceptors (Lipinski definition) is 4. The number of ether oxygens (including phenoxy) is 2. The van der Waals surface area contributed by atoms with Gasteiger partial charge in [0, 0.05) is 14.2 Å². The molecule has 1 N–H and O–H groups in total. The first kappa shape index (κ1) is 20.1. The molecule has 0 aliphatic heterocycles. The fourth-order valence-electron chi connectivity index (χ4n) is 2.90. The largest absolute Gasteiger partial charge is 0.424 e. The first-order chi connectivity index (χ1) is 12.3. The van der Waals surface area contributed by atoms with Crippen LogP contribution in [0.2, 0.25) is 0 Å². The van der Waals surface area contributed by atoms with Crippen molar-refractivity contribution in [2.45, 2.75) is 24.0 Å². The number of carbonyl (C=O) groups excluding carboxylic acids is 1. The highest BCUT2D eigenvalue weighted by Gasteiger charge is 2.64. The second-order valence-corrected chi connectivity index (χ2v) is 5.63. The zero-order valence-corrected chi connectivity index (χ0v) is 14.2. The minimum absolute atomic E-state index is 0.333. The van der Waals surface area contributed by atoms with E-state index < -0.39 is 29.8 Å². The number of carbonyl (C=O) groups is 1. The van der Waals surface area contributed by atoms with Crippen molar-refractivity contribution in [3.63, 3.8) is 0 Å². The van der Waals surface area contributed by atoms with E-state index in [9.17, 15) is 23.1 Å². The molecule has 140 valence electrons. The molecule has 0 amide bonds. The van der Waals surface area contributed by atoms with Gasteiger partial charge in [-0.2, -0.15) is 13.2 Å². The second kappa shape index (κ2) is 7.99. The summed E-state index contributed by atoms with van der Waals surface area (Å²) in [5.74, 6) is -1.15. The molecule has 0 aliphatic carbocycles. The van der Waals surface area contributed by atoms with E-state index in [-0.39, 0.29) is 5.56 Å². The van der Waals surface area contributed by atoms with Crippen molar-refractivity contribution in [3.8, 4) is 0 Å². The molecule has 4 nitrogen and oxygen atoms in total. The maximum absolute atomic E-state index is 14.0. The number of aliphatic hydroxyl groups excluding tert-OH is 1. The summed E-state index contributed by atoms with van der Waals surface area (Å²) in [6.45, 7) is 0. The summed E-state index contributed by atoms with van der Waals surface area (Å²) in [6, 6.07) is 14.6. The normalized spacial score (nSPS) is 16.5. The minimum atomic E-state index is -5.05. The Morgan fingerprint density at radius 1 is 0.962 bits per heavy atom. The van der Waals surface area contributed by atoms with Gasteiger partial charge in [-0.15, -0.1) is 0 Å². The smallest absolute Gasteiger partial charge is 0.381 e. The molecule has 0 saturated heterocycles. The SMILES string of the molecule is CO[C@H](C(=O)[C@@H](O)[C@](OC)(c1ccccc1)C(F)(F)F)c1ccccc1. The van der Waals surface area contributed by atoms with Gasteiger partial charge in [-0.25, -0.2) is 0 Å². The first-order valence-electron chi connectivity index (χ1n) is 7.76. The van der Waals surface area contributed by atoms with E-state index in [1.165, 1.54) is 37.4 Å². The Kier molecular flexibility index (Phi) is 6.17. The zero-order chi connectivity index (χ0) is 19.4. The molecule has 0 unspecified atom stereocenters. The van der Waals surface area contributed by atoms with E-state index >= 15 is 0 Å².